The largest absolute Gasteiger partial charge is 0.311 e. The van der Waals surface area contributed by atoms with E-state index in [9.17, 15) is 4.79 Å². The van der Waals surface area contributed by atoms with Crippen LogP contribution in [0.2, 0.25) is 0 Å². The minimum Gasteiger partial charge on any atom is -0.311 e. The Balaban J connectivity index is 2.25. The van der Waals surface area contributed by atoms with Crippen molar-refractivity contribution >= 4 is 15.9 Å². The normalized spacial score (nSPS) is 11.0. The summed E-state index contributed by atoms with van der Waals surface area (Å²) in [6, 6.07) is 9.24. The Hall–Kier alpha value is -1.46. The van der Waals surface area contributed by atoms with Gasteiger partial charge >= 0.3 is 0 Å². The maximum atomic E-state index is 11.8. The van der Waals surface area contributed by atoms with Crippen molar-refractivity contribution in [1.29, 1.82) is 0 Å². The SMILES string of the molecule is CC(C)CNCc1cc(=O)[nH]c(-c2ccccc2Br)n1. The molecule has 1 aromatic heterocycles. The second-order valence-electron chi connectivity index (χ2n) is 5.09. The van der Waals surface area contributed by atoms with Crippen LogP contribution in [0.5, 0.6) is 0 Å². The average molecular weight is 336 g/mol. The predicted molar refractivity (Wildman–Crippen MR) is 84.5 cm³/mol. The minimum atomic E-state index is -0.132. The van der Waals surface area contributed by atoms with Crippen molar-refractivity contribution < 1.29 is 0 Å². The fourth-order valence-electron chi connectivity index (χ4n) is 1.87. The minimum absolute atomic E-state index is 0.132. The van der Waals surface area contributed by atoms with Gasteiger partial charge in [-0.1, -0.05) is 48.0 Å². The lowest BCUT2D eigenvalue weighted by Gasteiger charge is -2.08. The lowest BCUT2D eigenvalue weighted by Crippen LogP contribution is -2.21. The van der Waals surface area contributed by atoms with E-state index >= 15 is 0 Å². The van der Waals surface area contributed by atoms with Crippen LogP contribution in [-0.2, 0) is 6.54 Å². The van der Waals surface area contributed by atoms with Gasteiger partial charge in [-0.3, -0.25) is 4.79 Å². The second-order valence-corrected chi connectivity index (χ2v) is 5.94. The van der Waals surface area contributed by atoms with Crippen LogP contribution in [0.15, 0.2) is 39.6 Å². The van der Waals surface area contributed by atoms with Gasteiger partial charge < -0.3 is 10.3 Å². The van der Waals surface area contributed by atoms with Gasteiger partial charge in [-0.15, -0.1) is 0 Å². The number of hydrogen-bond donors (Lipinski definition) is 2. The van der Waals surface area contributed by atoms with E-state index in [4.69, 9.17) is 0 Å². The maximum Gasteiger partial charge on any atom is 0.251 e. The van der Waals surface area contributed by atoms with E-state index in [-0.39, 0.29) is 5.56 Å². The van der Waals surface area contributed by atoms with E-state index in [0.29, 0.717) is 18.3 Å². The molecular formula is C15H18BrN3O. The summed E-state index contributed by atoms with van der Waals surface area (Å²) in [6.45, 7) is 5.79. The molecule has 0 radical (unpaired) electrons. The smallest absolute Gasteiger partial charge is 0.251 e. The van der Waals surface area contributed by atoms with Gasteiger partial charge in [0, 0.05) is 22.6 Å². The van der Waals surface area contributed by atoms with Crippen molar-refractivity contribution in [3.05, 3.63) is 50.9 Å². The fourth-order valence-corrected chi connectivity index (χ4v) is 2.34. The second kappa shape index (κ2) is 6.81. The molecule has 1 heterocycles. The van der Waals surface area contributed by atoms with Gasteiger partial charge in [0.05, 0.1) is 5.69 Å². The summed E-state index contributed by atoms with van der Waals surface area (Å²) >= 11 is 3.48. The molecule has 2 aromatic rings. The van der Waals surface area contributed by atoms with E-state index in [0.717, 1.165) is 22.3 Å². The molecule has 20 heavy (non-hydrogen) atoms. The lowest BCUT2D eigenvalue weighted by atomic mass is 10.2. The fraction of sp³-hybridized carbons (Fsp3) is 0.333. The summed E-state index contributed by atoms with van der Waals surface area (Å²) in [5.41, 5.74) is 1.50. The van der Waals surface area contributed by atoms with Crippen molar-refractivity contribution in [2.45, 2.75) is 20.4 Å². The summed E-state index contributed by atoms with van der Waals surface area (Å²) in [5, 5.41) is 3.29. The lowest BCUT2D eigenvalue weighted by molar-refractivity contribution is 0.548. The highest BCUT2D eigenvalue weighted by Gasteiger charge is 2.07. The molecule has 0 fully saturated rings. The summed E-state index contributed by atoms with van der Waals surface area (Å²) in [6.07, 6.45) is 0. The molecular weight excluding hydrogens is 318 g/mol. The van der Waals surface area contributed by atoms with Crippen LogP contribution in [0.25, 0.3) is 11.4 Å². The van der Waals surface area contributed by atoms with Crippen LogP contribution in [0.4, 0.5) is 0 Å². The highest BCUT2D eigenvalue weighted by molar-refractivity contribution is 9.10. The van der Waals surface area contributed by atoms with Crippen molar-refractivity contribution in [2.75, 3.05) is 6.54 Å². The standard InChI is InChI=1S/C15H18BrN3O/c1-10(2)8-17-9-11-7-14(20)19-15(18-11)12-5-3-4-6-13(12)16/h3-7,10,17H,8-9H2,1-2H3,(H,18,19,20). The van der Waals surface area contributed by atoms with Gasteiger partial charge in [-0.25, -0.2) is 4.98 Å². The van der Waals surface area contributed by atoms with E-state index in [1.165, 1.54) is 6.07 Å². The number of aromatic nitrogens is 2. The highest BCUT2D eigenvalue weighted by Crippen LogP contribution is 2.24. The van der Waals surface area contributed by atoms with Crippen LogP contribution < -0.4 is 10.9 Å². The Bertz CT molecular complexity index is 637. The van der Waals surface area contributed by atoms with E-state index in [1.807, 2.05) is 24.3 Å². The molecule has 0 saturated heterocycles. The topological polar surface area (TPSA) is 57.8 Å². The first-order valence-corrected chi connectivity index (χ1v) is 7.41. The molecule has 0 aliphatic carbocycles. The monoisotopic (exact) mass is 335 g/mol. The van der Waals surface area contributed by atoms with Gasteiger partial charge in [0.1, 0.15) is 5.82 Å². The number of H-pyrrole nitrogens is 1. The van der Waals surface area contributed by atoms with Crippen LogP contribution in [0, 0.1) is 5.92 Å². The summed E-state index contributed by atoms with van der Waals surface area (Å²) in [4.78, 5) is 19.0. The predicted octanol–water partition coefficient (Wildman–Crippen LogP) is 2.95. The van der Waals surface area contributed by atoms with Crippen LogP contribution in [0.3, 0.4) is 0 Å². The van der Waals surface area contributed by atoms with Gasteiger partial charge in [0.2, 0.25) is 0 Å². The Kier molecular flexibility index (Phi) is 5.09. The molecule has 0 amide bonds. The van der Waals surface area contributed by atoms with Crippen molar-refractivity contribution in [3.8, 4) is 11.4 Å². The number of nitrogens with zero attached hydrogens (tertiary/aromatic N) is 1. The van der Waals surface area contributed by atoms with Crippen molar-refractivity contribution in [3.63, 3.8) is 0 Å². The number of hydrogen-bond acceptors (Lipinski definition) is 3. The van der Waals surface area contributed by atoms with Crippen LogP contribution >= 0.6 is 15.9 Å². The quantitative estimate of drug-likeness (QED) is 0.883. The first kappa shape index (κ1) is 14.9. The Morgan fingerprint density at radius 2 is 2.10 bits per heavy atom. The zero-order valence-corrected chi connectivity index (χ0v) is 13.2. The molecule has 0 atom stereocenters. The van der Waals surface area contributed by atoms with Crippen LogP contribution in [-0.4, -0.2) is 16.5 Å². The molecule has 0 unspecified atom stereocenters. The molecule has 0 spiro atoms. The molecule has 0 aliphatic rings. The number of aromatic amines is 1. The van der Waals surface area contributed by atoms with Gasteiger partial charge in [-0.05, 0) is 18.5 Å². The first-order chi connectivity index (χ1) is 9.56. The van der Waals surface area contributed by atoms with Crippen molar-refractivity contribution in [1.82, 2.24) is 15.3 Å². The molecule has 1 aromatic carbocycles. The third kappa shape index (κ3) is 4.02. The number of halogens is 1. The Morgan fingerprint density at radius 3 is 2.80 bits per heavy atom. The zero-order chi connectivity index (χ0) is 14.5. The molecule has 0 bridgehead atoms. The molecule has 0 saturated carbocycles. The summed E-state index contributed by atoms with van der Waals surface area (Å²) < 4.78 is 0.912. The third-order valence-corrected chi connectivity index (χ3v) is 3.47. The third-order valence-electron chi connectivity index (χ3n) is 2.78. The zero-order valence-electron chi connectivity index (χ0n) is 11.6. The molecule has 2 rings (SSSR count). The van der Waals surface area contributed by atoms with Gasteiger partial charge in [0.25, 0.3) is 5.56 Å². The molecule has 4 nitrogen and oxygen atoms in total. The van der Waals surface area contributed by atoms with E-state index < -0.39 is 0 Å². The van der Waals surface area contributed by atoms with Gasteiger partial charge in [-0.2, -0.15) is 0 Å². The van der Waals surface area contributed by atoms with Crippen molar-refractivity contribution in [2.24, 2.45) is 5.92 Å². The molecule has 2 N–H and O–H groups in total. The van der Waals surface area contributed by atoms with E-state index in [2.05, 4.69) is 45.1 Å². The number of rotatable bonds is 5. The Labute approximate surface area is 126 Å². The summed E-state index contributed by atoms with van der Waals surface area (Å²) in [5.74, 6) is 1.16. The molecule has 5 heteroatoms. The number of nitrogens with one attached hydrogen (secondary N) is 2. The molecule has 106 valence electrons. The van der Waals surface area contributed by atoms with Gasteiger partial charge in [0.15, 0.2) is 0 Å². The first-order valence-electron chi connectivity index (χ1n) is 6.62. The number of benzene rings is 1. The highest BCUT2D eigenvalue weighted by atomic mass is 79.9. The summed E-state index contributed by atoms with van der Waals surface area (Å²) in [7, 11) is 0. The average Bonchev–Trinajstić information content (AvgIpc) is 2.38. The maximum absolute atomic E-state index is 11.8. The molecule has 0 aliphatic heterocycles. The van der Waals surface area contributed by atoms with Crippen LogP contribution in [0.1, 0.15) is 19.5 Å². The van der Waals surface area contributed by atoms with E-state index in [1.54, 1.807) is 0 Å². The Morgan fingerprint density at radius 1 is 1.35 bits per heavy atom.